The Morgan fingerprint density at radius 2 is 1.09 bits per heavy atom. The normalized spacial score (nSPS) is 14.0. The topological polar surface area (TPSA) is 20.2 Å². The van der Waals surface area contributed by atoms with E-state index in [9.17, 15) is 5.11 Å². The molecular weight excluding hydrogens is 280 g/mol. The van der Waals surface area contributed by atoms with Gasteiger partial charge in [-0.25, -0.2) is 0 Å². The monoisotopic (exact) mass is 296 g/mol. The minimum atomic E-state index is -0.564. The summed E-state index contributed by atoms with van der Waals surface area (Å²) in [4.78, 5) is 0. The van der Waals surface area contributed by atoms with Crippen molar-refractivity contribution >= 4 is 21.5 Å². The van der Waals surface area contributed by atoms with Crippen LogP contribution in [0.1, 0.15) is 28.4 Å². The third-order valence-corrected chi connectivity index (χ3v) is 5.05. The van der Waals surface area contributed by atoms with Crippen LogP contribution in [-0.4, -0.2) is 5.11 Å². The molecule has 0 spiro atoms. The maximum atomic E-state index is 11.2. The second kappa shape index (κ2) is 4.68. The van der Waals surface area contributed by atoms with Gasteiger partial charge >= 0.3 is 0 Å². The summed E-state index contributed by atoms with van der Waals surface area (Å²) in [6.07, 6.45) is 0.322. The minimum Gasteiger partial charge on any atom is -0.384 e. The lowest BCUT2D eigenvalue weighted by molar-refractivity contribution is 0.219. The van der Waals surface area contributed by atoms with E-state index < -0.39 is 6.10 Å². The number of aliphatic hydroxyl groups is 1. The van der Waals surface area contributed by atoms with Gasteiger partial charge in [-0.1, -0.05) is 72.8 Å². The van der Waals surface area contributed by atoms with Gasteiger partial charge in [0.05, 0.1) is 0 Å². The Bertz CT molecular complexity index is 977. The first-order chi connectivity index (χ1) is 11.3. The van der Waals surface area contributed by atoms with Crippen molar-refractivity contribution < 1.29 is 5.11 Å². The van der Waals surface area contributed by atoms with Gasteiger partial charge < -0.3 is 5.11 Å². The molecule has 0 aromatic heterocycles. The number of aliphatic hydroxyl groups excluding tert-OH is 1. The third kappa shape index (κ3) is 1.77. The molecule has 110 valence electrons. The van der Waals surface area contributed by atoms with Crippen molar-refractivity contribution in [1.82, 2.24) is 0 Å². The first-order valence-electron chi connectivity index (χ1n) is 8.02. The van der Waals surface area contributed by atoms with Gasteiger partial charge in [0.25, 0.3) is 0 Å². The van der Waals surface area contributed by atoms with Crippen molar-refractivity contribution in [1.29, 1.82) is 0 Å². The maximum Gasteiger partial charge on any atom is 0.106 e. The van der Waals surface area contributed by atoms with Crippen molar-refractivity contribution in [3.63, 3.8) is 0 Å². The summed E-state index contributed by atoms with van der Waals surface area (Å²) in [7, 11) is 0. The predicted molar refractivity (Wildman–Crippen MR) is 94.8 cm³/mol. The van der Waals surface area contributed by atoms with Gasteiger partial charge in [0.1, 0.15) is 6.10 Å². The van der Waals surface area contributed by atoms with E-state index in [1.165, 1.54) is 21.9 Å². The quantitative estimate of drug-likeness (QED) is 0.485. The molecule has 0 saturated heterocycles. The van der Waals surface area contributed by atoms with Crippen LogP contribution >= 0.6 is 0 Å². The summed E-state index contributed by atoms with van der Waals surface area (Å²) in [6, 6.07) is 25.3. The molecule has 0 heterocycles. The molecule has 1 nitrogen and oxygen atoms in total. The lowest BCUT2D eigenvalue weighted by atomic mass is 9.79. The van der Waals surface area contributed by atoms with Crippen LogP contribution in [0, 0.1) is 0 Å². The summed E-state index contributed by atoms with van der Waals surface area (Å²) in [5, 5.41) is 15.9. The van der Waals surface area contributed by atoms with Crippen LogP contribution in [0.3, 0.4) is 0 Å². The molecule has 1 aliphatic rings. The molecule has 4 aromatic rings. The van der Waals surface area contributed by atoms with E-state index in [2.05, 4.69) is 48.5 Å². The van der Waals surface area contributed by atoms with Crippen molar-refractivity contribution in [3.8, 4) is 0 Å². The van der Waals surface area contributed by atoms with Gasteiger partial charge in [0.2, 0.25) is 0 Å². The van der Waals surface area contributed by atoms with Crippen LogP contribution in [-0.2, 0) is 6.42 Å². The van der Waals surface area contributed by atoms with E-state index in [-0.39, 0.29) is 0 Å². The van der Waals surface area contributed by atoms with Crippen molar-refractivity contribution in [2.24, 2.45) is 0 Å². The fourth-order valence-electron chi connectivity index (χ4n) is 3.99. The van der Waals surface area contributed by atoms with Gasteiger partial charge in [-0.2, -0.15) is 0 Å². The van der Waals surface area contributed by atoms with E-state index in [0.29, 0.717) is 0 Å². The Balaban J connectivity index is 1.86. The van der Waals surface area contributed by atoms with E-state index in [1.54, 1.807) is 0 Å². The Morgan fingerprint density at radius 1 is 0.609 bits per heavy atom. The number of benzene rings is 4. The van der Waals surface area contributed by atoms with Crippen LogP contribution in [0.5, 0.6) is 0 Å². The molecule has 0 radical (unpaired) electrons. The highest BCUT2D eigenvalue weighted by Gasteiger charge is 2.27. The Labute approximate surface area is 134 Å². The second-order valence-corrected chi connectivity index (χ2v) is 6.30. The Kier molecular flexibility index (Phi) is 2.61. The first kappa shape index (κ1) is 12.9. The highest BCUT2D eigenvalue weighted by molar-refractivity contribution is 5.92. The fraction of sp³-hybridized carbons (Fsp3) is 0.0909. The molecule has 4 aromatic carbocycles. The molecule has 0 amide bonds. The summed E-state index contributed by atoms with van der Waals surface area (Å²) < 4.78 is 0. The third-order valence-electron chi connectivity index (χ3n) is 5.05. The largest absolute Gasteiger partial charge is 0.384 e. The molecule has 0 unspecified atom stereocenters. The summed E-state index contributed by atoms with van der Waals surface area (Å²) >= 11 is 0. The molecular formula is C22H16O. The van der Waals surface area contributed by atoms with E-state index in [4.69, 9.17) is 0 Å². The van der Waals surface area contributed by atoms with Crippen LogP contribution < -0.4 is 0 Å². The average molecular weight is 296 g/mol. The Morgan fingerprint density at radius 3 is 1.61 bits per heavy atom. The molecule has 0 aliphatic heterocycles. The van der Waals surface area contributed by atoms with Crippen LogP contribution in [0.25, 0.3) is 21.5 Å². The zero-order valence-corrected chi connectivity index (χ0v) is 12.7. The fourth-order valence-corrected chi connectivity index (χ4v) is 3.99. The molecule has 0 atom stereocenters. The van der Waals surface area contributed by atoms with Gasteiger partial charge in [0, 0.05) is 0 Å². The number of rotatable bonds is 0. The number of fused-ring (bicyclic) bond motifs is 6. The van der Waals surface area contributed by atoms with Crippen LogP contribution in [0.15, 0.2) is 72.8 Å². The van der Waals surface area contributed by atoms with Gasteiger partial charge in [-0.3, -0.25) is 0 Å². The highest BCUT2D eigenvalue weighted by atomic mass is 16.3. The van der Waals surface area contributed by atoms with E-state index in [1.807, 2.05) is 24.3 Å². The molecule has 1 heteroatoms. The van der Waals surface area contributed by atoms with Gasteiger partial charge in [-0.15, -0.1) is 0 Å². The highest BCUT2D eigenvalue weighted by Crippen LogP contribution is 2.41. The smallest absolute Gasteiger partial charge is 0.106 e. The number of hydrogen-bond donors (Lipinski definition) is 1. The molecule has 1 N–H and O–H groups in total. The zero-order valence-electron chi connectivity index (χ0n) is 12.7. The second-order valence-electron chi connectivity index (χ2n) is 6.30. The van der Waals surface area contributed by atoms with Gasteiger partial charge in [0.15, 0.2) is 0 Å². The summed E-state index contributed by atoms with van der Waals surface area (Å²) in [5.74, 6) is 0. The maximum absolute atomic E-state index is 11.2. The standard InChI is InChI=1S/C22H16O/c23-22-20-16(11-9-14-5-1-3-7-18(14)20)13-17-12-10-15-6-2-4-8-19(15)21(17)22/h1-12,22-23H,13H2. The predicted octanol–water partition coefficient (Wildman–Crippen LogP) is 4.98. The first-order valence-corrected chi connectivity index (χ1v) is 8.02. The Hall–Kier alpha value is -2.64. The van der Waals surface area contributed by atoms with E-state index in [0.717, 1.165) is 28.3 Å². The lowest BCUT2D eigenvalue weighted by Gasteiger charge is -2.27. The van der Waals surface area contributed by atoms with Crippen LogP contribution in [0.4, 0.5) is 0 Å². The molecule has 0 fully saturated rings. The van der Waals surface area contributed by atoms with Crippen molar-refractivity contribution in [3.05, 3.63) is 95.1 Å². The summed E-state index contributed by atoms with van der Waals surface area (Å²) in [6.45, 7) is 0. The lowest BCUT2D eigenvalue weighted by Crippen LogP contribution is -2.14. The minimum absolute atomic E-state index is 0.564. The molecule has 1 aliphatic carbocycles. The SMILES string of the molecule is OC1c2c(ccc3ccccc23)Cc2ccc3ccccc3c21. The molecule has 0 saturated carbocycles. The van der Waals surface area contributed by atoms with E-state index >= 15 is 0 Å². The van der Waals surface area contributed by atoms with Crippen LogP contribution in [0.2, 0.25) is 0 Å². The summed E-state index contributed by atoms with van der Waals surface area (Å²) in [5.41, 5.74) is 4.62. The molecule has 23 heavy (non-hydrogen) atoms. The van der Waals surface area contributed by atoms with Crippen molar-refractivity contribution in [2.45, 2.75) is 12.5 Å². The van der Waals surface area contributed by atoms with Gasteiger partial charge in [-0.05, 0) is 50.2 Å². The zero-order chi connectivity index (χ0) is 15.4. The van der Waals surface area contributed by atoms with Crippen molar-refractivity contribution in [2.75, 3.05) is 0 Å². The average Bonchev–Trinajstić information content (AvgIpc) is 2.61. The molecule has 0 bridgehead atoms. The number of hydrogen-bond acceptors (Lipinski definition) is 1. The molecule has 5 rings (SSSR count).